The Morgan fingerprint density at radius 2 is 1.83 bits per heavy atom. The van der Waals surface area contributed by atoms with Crippen molar-refractivity contribution in [2.45, 2.75) is 55.9 Å². The predicted octanol–water partition coefficient (Wildman–Crippen LogP) is 4.21. The molecule has 1 aromatic carbocycles. The highest BCUT2D eigenvalue weighted by Crippen LogP contribution is 2.46. The van der Waals surface area contributed by atoms with Gasteiger partial charge in [-0.05, 0) is 67.5 Å². The first kappa shape index (κ1) is 30.1. The third-order valence-corrected chi connectivity index (χ3v) is 9.48. The molecular formula is C34H32F3N5O4. The van der Waals surface area contributed by atoms with Crippen LogP contribution >= 0.6 is 0 Å². The second kappa shape index (κ2) is 12.0. The maximum Gasteiger partial charge on any atom is 0.253 e. The average Bonchev–Trinajstić information content (AvgIpc) is 3.56. The summed E-state index contributed by atoms with van der Waals surface area (Å²) in [6.07, 6.45) is 9.51. The van der Waals surface area contributed by atoms with E-state index < -0.39 is 46.3 Å². The summed E-state index contributed by atoms with van der Waals surface area (Å²) in [6.45, 7) is 1.17. The first-order valence-electron chi connectivity index (χ1n) is 15.5. The number of carbonyl (C=O) groups is 3. The molecule has 1 aliphatic carbocycles. The molecule has 1 spiro atoms. The molecule has 0 saturated carbocycles. The lowest BCUT2D eigenvalue weighted by atomic mass is 9.79. The minimum Gasteiger partial charge on any atom is -0.377 e. The molecule has 9 nitrogen and oxygen atoms in total. The van der Waals surface area contributed by atoms with E-state index in [0.29, 0.717) is 50.5 Å². The Balaban J connectivity index is 1.21. The van der Waals surface area contributed by atoms with E-state index in [-0.39, 0.29) is 30.3 Å². The summed E-state index contributed by atoms with van der Waals surface area (Å²) >= 11 is 0. The fourth-order valence-electron chi connectivity index (χ4n) is 7.13. The minimum atomic E-state index is -1.29. The summed E-state index contributed by atoms with van der Waals surface area (Å²) in [4.78, 5) is 51.0. The zero-order chi connectivity index (χ0) is 32.0. The van der Waals surface area contributed by atoms with Gasteiger partial charge in [0, 0.05) is 61.2 Å². The number of anilines is 1. The number of piperidine rings is 1. The average molecular weight is 632 g/mol. The number of carbonyl (C=O) groups excluding carboxylic acids is 3. The zero-order valence-corrected chi connectivity index (χ0v) is 25.0. The number of aromatic nitrogens is 2. The molecular weight excluding hydrogens is 599 g/mol. The van der Waals surface area contributed by atoms with Crippen molar-refractivity contribution < 1.29 is 32.3 Å². The van der Waals surface area contributed by atoms with Crippen LogP contribution in [-0.4, -0.2) is 64.9 Å². The first-order valence-corrected chi connectivity index (χ1v) is 15.5. The normalized spacial score (nSPS) is 25.5. The third kappa shape index (κ3) is 5.34. The van der Waals surface area contributed by atoms with Crippen molar-refractivity contribution in [1.82, 2.24) is 20.2 Å². The van der Waals surface area contributed by atoms with E-state index in [2.05, 4.69) is 20.6 Å². The van der Waals surface area contributed by atoms with E-state index in [1.807, 2.05) is 18.2 Å². The molecule has 0 unspecified atom stereocenters. The first-order chi connectivity index (χ1) is 22.2. The van der Waals surface area contributed by atoms with E-state index in [9.17, 15) is 27.6 Å². The van der Waals surface area contributed by atoms with Crippen LogP contribution in [0, 0.1) is 17.5 Å². The van der Waals surface area contributed by atoms with Crippen LogP contribution in [0.5, 0.6) is 0 Å². The molecule has 7 rings (SSSR count). The van der Waals surface area contributed by atoms with Crippen molar-refractivity contribution in [2.75, 3.05) is 31.6 Å². The quantitative estimate of drug-likeness (QED) is 0.389. The molecule has 4 aliphatic rings. The summed E-state index contributed by atoms with van der Waals surface area (Å²) < 4.78 is 49.7. The van der Waals surface area contributed by atoms with Gasteiger partial charge in [-0.25, -0.2) is 18.2 Å². The van der Waals surface area contributed by atoms with Crippen molar-refractivity contribution in [1.29, 1.82) is 0 Å². The number of nitrogens with one attached hydrogen (secondary N) is 2. The molecule has 5 heterocycles. The number of ether oxygens (including phenoxy) is 1. The Morgan fingerprint density at radius 3 is 2.70 bits per heavy atom. The Labute approximate surface area is 263 Å². The van der Waals surface area contributed by atoms with E-state index in [4.69, 9.17) is 4.74 Å². The third-order valence-electron chi connectivity index (χ3n) is 9.48. The van der Waals surface area contributed by atoms with Gasteiger partial charge >= 0.3 is 0 Å². The summed E-state index contributed by atoms with van der Waals surface area (Å²) in [5.74, 6) is -4.90. The van der Waals surface area contributed by atoms with Gasteiger partial charge in [0.25, 0.3) is 5.91 Å². The Hall–Kier alpha value is -4.58. The topological polar surface area (TPSA) is 114 Å². The lowest BCUT2D eigenvalue weighted by molar-refractivity contribution is -0.136. The zero-order valence-electron chi connectivity index (χ0n) is 25.0. The maximum absolute atomic E-state index is 14.9. The summed E-state index contributed by atoms with van der Waals surface area (Å²) in [5, 5.41) is 5.65. The van der Waals surface area contributed by atoms with Gasteiger partial charge in [0.2, 0.25) is 11.8 Å². The number of nitrogens with zero attached hydrogens (tertiary/aromatic N) is 3. The van der Waals surface area contributed by atoms with Crippen molar-refractivity contribution in [3.8, 4) is 0 Å². The standard InChI is InChI=1S/C34H32F3N5O4/c35-24-6-7-25(36)29(37)28(24)22-13-26-32(44)42(18-22)8-2-1-3-9-46-10-4-5-19-11-23-30(39-16-19)41-33(45)34(23)14-20-12-21(31(43)40-26)17-38-27(20)15-34/h4-7,11-12,16-17,22,26H,1-3,8-10,13-15,18H2,(H,40,43)(H,39,41,45)/b5-4-/t22-,26+,34+/m1/s1. The smallest absolute Gasteiger partial charge is 0.253 e. The maximum atomic E-state index is 14.9. The largest absolute Gasteiger partial charge is 0.377 e. The number of hydrogen-bond donors (Lipinski definition) is 2. The monoisotopic (exact) mass is 631 g/mol. The van der Waals surface area contributed by atoms with Gasteiger partial charge in [-0.2, -0.15) is 0 Å². The van der Waals surface area contributed by atoms with Crippen LogP contribution in [0.4, 0.5) is 19.0 Å². The molecule has 0 radical (unpaired) electrons. The molecule has 7 bridgehead atoms. The van der Waals surface area contributed by atoms with Crippen molar-refractivity contribution in [2.24, 2.45) is 0 Å². The van der Waals surface area contributed by atoms with E-state index >= 15 is 0 Å². The summed E-state index contributed by atoms with van der Waals surface area (Å²) in [7, 11) is 0. The molecule has 3 aliphatic heterocycles. The van der Waals surface area contributed by atoms with E-state index in [1.54, 1.807) is 12.3 Å². The SMILES string of the molecule is O=C1N[C@H]2C[C@@H](c3c(F)ccc(F)c3F)CN(CCCCCOC/C=C\c3cnc4c(c3)[C@@]3(Cc5cc1cnc5C3)C(=O)N4)C2=O. The van der Waals surface area contributed by atoms with Crippen LogP contribution in [0.1, 0.15) is 69.9 Å². The van der Waals surface area contributed by atoms with Gasteiger partial charge in [0.1, 0.15) is 17.7 Å². The van der Waals surface area contributed by atoms with Gasteiger partial charge in [-0.1, -0.05) is 12.2 Å². The highest BCUT2D eigenvalue weighted by Gasteiger charge is 2.52. The van der Waals surface area contributed by atoms with Gasteiger partial charge in [-0.3, -0.25) is 19.4 Å². The molecule has 3 atom stereocenters. The van der Waals surface area contributed by atoms with Crippen molar-refractivity contribution in [3.05, 3.63) is 93.7 Å². The Kier molecular flexibility index (Phi) is 7.83. The fourth-order valence-corrected chi connectivity index (χ4v) is 7.13. The summed E-state index contributed by atoms with van der Waals surface area (Å²) in [6, 6.07) is 4.13. The van der Waals surface area contributed by atoms with Crippen LogP contribution in [0.25, 0.3) is 6.08 Å². The lowest BCUT2D eigenvalue weighted by Gasteiger charge is -2.38. The van der Waals surface area contributed by atoms with Crippen LogP contribution in [-0.2, 0) is 32.6 Å². The van der Waals surface area contributed by atoms with Gasteiger partial charge in [-0.15, -0.1) is 0 Å². The molecule has 1 saturated heterocycles. The molecule has 12 heteroatoms. The Morgan fingerprint density at radius 1 is 0.978 bits per heavy atom. The Bertz CT molecular complexity index is 1780. The predicted molar refractivity (Wildman–Crippen MR) is 161 cm³/mol. The second-order valence-corrected chi connectivity index (χ2v) is 12.4. The summed E-state index contributed by atoms with van der Waals surface area (Å²) in [5.41, 5.74) is 1.85. The van der Waals surface area contributed by atoms with Gasteiger partial charge in [0.05, 0.1) is 17.6 Å². The molecule has 2 N–H and O–H groups in total. The highest BCUT2D eigenvalue weighted by molar-refractivity contribution is 6.06. The molecule has 3 amide bonds. The number of pyridine rings is 2. The molecule has 2 aromatic heterocycles. The molecule has 238 valence electrons. The number of halogens is 3. The van der Waals surface area contributed by atoms with E-state index in [1.165, 1.54) is 11.1 Å². The van der Waals surface area contributed by atoms with Crippen LogP contribution in [0.2, 0.25) is 0 Å². The molecule has 1 fully saturated rings. The van der Waals surface area contributed by atoms with E-state index in [0.717, 1.165) is 41.7 Å². The number of rotatable bonds is 1. The number of benzene rings is 1. The minimum absolute atomic E-state index is 0.00860. The highest BCUT2D eigenvalue weighted by atomic mass is 19.2. The van der Waals surface area contributed by atoms with Gasteiger partial charge < -0.3 is 20.3 Å². The van der Waals surface area contributed by atoms with Crippen molar-refractivity contribution >= 4 is 29.6 Å². The molecule has 3 aromatic rings. The number of amides is 3. The second-order valence-electron chi connectivity index (χ2n) is 12.4. The fraction of sp³-hybridized carbons (Fsp3) is 0.382. The van der Waals surface area contributed by atoms with Gasteiger partial charge in [0.15, 0.2) is 11.6 Å². The number of hydrogen-bond acceptors (Lipinski definition) is 6. The van der Waals surface area contributed by atoms with Crippen LogP contribution in [0.15, 0.2) is 42.7 Å². The van der Waals surface area contributed by atoms with Crippen LogP contribution < -0.4 is 10.6 Å². The lowest BCUT2D eigenvalue weighted by Crippen LogP contribution is -2.54. The van der Waals surface area contributed by atoms with Crippen molar-refractivity contribution in [3.63, 3.8) is 0 Å². The molecule has 46 heavy (non-hydrogen) atoms. The number of fused-ring (bicyclic) bond motifs is 4. The van der Waals surface area contributed by atoms with Crippen LogP contribution in [0.3, 0.4) is 0 Å².